The molecule has 0 bridgehead atoms. The largest absolute Gasteiger partial charge is 0.507 e. The van der Waals surface area contributed by atoms with Crippen molar-refractivity contribution in [3.8, 4) is 5.75 Å². The molecule has 1 atom stereocenters. The molecular formula is C14H19NO4. The number of phenols is 1. The van der Waals surface area contributed by atoms with Crippen LogP contribution in [-0.2, 0) is 4.79 Å². The van der Waals surface area contributed by atoms with Crippen LogP contribution in [0.1, 0.15) is 29.8 Å². The van der Waals surface area contributed by atoms with Crippen LogP contribution in [0.2, 0.25) is 0 Å². The first-order valence-corrected chi connectivity index (χ1v) is 6.18. The second kappa shape index (κ2) is 6.22. The van der Waals surface area contributed by atoms with Crippen LogP contribution in [0.15, 0.2) is 18.2 Å². The predicted octanol–water partition coefficient (Wildman–Crippen LogP) is 1.88. The van der Waals surface area contributed by atoms with Gasteiger partial charge in [0.25, 0.3) is 5.91 Å². The summed E-state index contributed by atoms with van der Waals surface area (Å²) < 4.78 is 0. The Kier molecular flexibility index (Phi) is 4.92. The van der Waals surface area contributed by atoms with Crippen molar-refractivity contribution in [2.45, 2.75) is 20.8 Å². The van der Waals surface area contributed by atoms with Gasteiger partial charge in [-0.25, -0.2) is 0 Å². The molecule has 0 fully saturated rings. The summed E-state index contributed by atoms with van der Waals surface area (Å²) in [5, 5.41) is 18.7. The van der Waals surface area contributed by atoms with E-state index in [2.05, 4.69) is 0 Å². The summed E-state index contributed by atoms with van der Waals surface area (Å²) in [5.74, 6) is -2.02. The van der Waals surface area contributed by atoms with Crippen molar-refractivity contribution in [3.63, 3.8) is 0 Å². The van der Waals surface area contributed by atoms with Gasteiger partial charge in [-0.15, -0.1) is 0 Å². The fourth-order valence-corrected chi connectivity index (χ4v) is 1.76. The van der Waals surface area contributed by atoms with Crippen molar-refractivity contribution in [2.24, 2.45) is 5.92 Å². The average Bonchev–Trinajstić information content (AvgIpc) is 2.34. The normalized spacial score (nSPS) is 11.9. The standard InChI is InChI=1S/C14H19NO4/c1-4-15(8-10(3)14(18)19)13(17)11-6-5-9(2)7-12(11)16/h5-7,10,16H,4,8H2,1-3H3,(H,18,19). The molecule has 1 amide bonds. The van der Waals surface area contributed by atoms with E-state index in [-0.39, 0.29) is 23.8 Å². The van der Waals surface area contributed by atoms with Crippen molar-refractivity contribution < 1.29 is 19.8 Å². The lowest BCUT2D eigenvalue weighted by Gasteiger charge is -2.23. The molecule has 0 aliphatic carbocycles. The Hall–Kier alpha value is -2.04. The molecule has 0 saturated heterocycles. The van der Waals surface area contributed by atoms with Gasteiger partial charge in [0.15, 0.2) is 0 Å². The highest BCUT2D eigenvalue weighted by molar-refractivity contribution is 5.97. The van der Waals surface area contributed by atoms with Gasteiger partial charge in [-0.2, -0.15) is 0 Å². The number of hydrogen-bond acceptors (Lipinski definition) is 3. The quantitative estimate of drug-likeness (QED) is 0.852. The smallest absolute Gasteiger partial charge is 0.308 e. The van der Waals surface area contributed by atoms with Crippen LogP contribution in [0.3, 0.4) is 0 Å². The molecule has 5 nitrogen and oxygen atoms in total. The third kappa shape index (κ3) is 3.71. The van der Waals surface area contributed by atoms with Crippen molar-refractivity contribution in [1.29, 1.82) is 0 Å². The number of benzene rings is 1. The molecule has 0 radical (unpaired) electrons. The van der Waals surface area contributed by atoms with Gasteiger partial charge in [-0.3, -0.25) is 9.59 Å². The maximum absolute atomic E-state index is 12.2. The van der Waals surface area contributed by atoms with Crippen LogP contribution in [0.4, 0.5) is 0 Å². The van der Waals surface area contributed by atoms with E-state index in [1.807, 2.05) is 6.92 Å². The Morgan fingerprint density at radius 1 is 1.37 bits per heavy atom. The van der Waals surface area contributed by atoms with Crippen LogP contribution in [0.25, 0.3) is 0 Å². The number of rotatable bonds is 5. The second-order valence-electron chi connectivity index (χ2n) is 4.60. The average molecular weight is 265 g/mol. The van der Waals surface area contributed by atoms with Gasteiger partial charge in [-0.05, 0) is 31.5 Å². The number of carboxylic acids is 1. The highest BCUT2D eigenvalue weighted by atomic mass is 16.4. The maximum atomic E-state index is 12.2. The molecule has 1 aromatic rings. The molecule has 0 aliphatic heterocycles. The van der Waals surface area contributed by atoms with Gasteiger partial charge in [0.2, 0.25) is 0 Å². The van der Waals surface area contributed by atoms with Gasteiger partial charge >= 0.3 is 5.97 Å². The molecule has 5 heteroatoms. The zero-order valence-corrected chi connectivity index (χ0v) is 11.4. The van der Waals surface area contributed by atoms with Gasteiger partial charge in [0, 0.05) is 13.1 Å². The summed E-state index contributed by atoms with van der Waals surface area (Å²) in [6.07, 6.45) is 0. The minimum atomic E-state index is -0.945. The molecule has 2 N–H and O–H groups in total. The SMILES string of the molecule is CCN(CC(C)C(=O)O)C(=O)c1ccc(C)cc1O. The first-order valence-electron chi connectivity index (χ1n) is 6.18. The van der Waals surface area contributed by atoms with E-state index in [1.165, 1.54) is 11.0 Å². The zero-order chi connectivity index (χ0) is 14.6. The number of aliphatic carboxylic acids is 1. The van der Waals surface area contributed by atoms with Crippen LogP contribution in [0.5, 0.6) is 5.75 Å². The van der Waals surface area contributed by atoms with E-state index >= 15 is 0 Å². The summed E-state index contributed by atoms with van der Waals surface area (Å²) in [7, 11) is 0. The van der Waals surface area contributed by atoms with E-state index in [0.29, 0.717) is 6.54 Å². The number of phenolic OH excluding ortho intramolecular Hbond substituents is 1. The van der Waals surface area contributed by atoms with Gasteiger partial charge in [0.05, 0.1) is 11.5 Å². The van der Waals surface area contributed by atoms with Crippen LogP contribution in [-0.4, -0.2) is 40.1 Å². The minimum absolute atomic E-state index is 0.0774. The molecule has 19 heavy (non-hydrogen) atoms. The second-order valence-corrected chi connectivity index (χ2v) is 4.60. The Balaban J connectivity index is 2.92. The monoisotopic (exact) mass is 265 g/mol. The number of carboxylic acid groups (broad SMARTS) is 1. The lowest BCUT2D eigenvalue weighted by Crippen LogP contribution is -2.36. The summed E-state index contributed by atoms with van der Waals surface area (Å²) in [5.41, 5.74) is 1.06. The molecule has 0 aliphatic rings. The Bertz CT molecular complexity index is 484. The number of carbonyl (C=O) groups is 2. The van der Waals surface area contributed by atoms with Crippen molar-refractivity contribution in [2.75, 3.05) is 13.1 Å². The Morgan fingerprint density at radius 2 is 2.00 bits per heavy atom. The van der Waals surface area contributed by atoms with Crippen LogP contribution >= 0.6 is 0 Å². The molecule has 0 saturated carbocycles. The minimum Gasteiger partial charge on any atom is -0.507 e. The fourth-order valence-electron chi connectivity index (χ4n) is 1.76. The number of amides is 1. The van der Waals surface area contributed by atoms with E-state index in [4.69, 9.17) is 5.11 Å². The summed E-state index contributed by atoms with van der Waals surface area (Å²) in [6.45, 7) is 5.66. The Morgan fingerprint density at radius 3 is 2.47 bits per heavy atom. The van der Waals surface area contributed by atoms with E-state index in [9.17, 15) is 14.7 Å². The van der Waals surface area contributed by atoms with E-state index < -0.39 is 11.9 Å². The molecular weight excluding hydrogens is 246 g/mol. The lowest BCUT2D eigenvalue weighted by atomic mass is 10.1. The van der Waals surface area contributed by atoms with Gasteiger partial charge < -0.3 is 15.1 Å². The molecule has 0 spiro atoms. The number of carbonyl (C=O) groups excluding carboxylic acids is 1. The number of nitrogens with zero attached hydrogens (tertiary/aromatic N) is 1. The maximum Gasteiger partial charge on any atom is 0.308 e. The number of aryl methyl sites for hydroxylation is 1. The fraction of sp³-hybridized carbons (Fsp3) is 0.429. The van der Waals surface area contributed by atoms with Crippen LogP contribution in [0, 0.1) is 12.8 Å². The Labute approximate surface area is 112 Å². The number of hydrogen-bond donors (Lipinski definition) is 2. The van der Waals surface area contributed by atoms with Gasteiger partial charge in [-0.1, -0.05) is 13.0 Å². The molecule has 1 rings (SSSR count). The van der Waals surface area contributed by atoms with E-state index in [1.54, 1.807) is 26.0 Å². The highest BCUT2D eigenvalue weighted by Gasteiger charge is 2.22. The van der Waals surface area contributed by atoms with Crippen molar-refractivity contribution in [1.82, 2.24) is 4.90 Å². The molecule has 1 aromatic carbocycles. The van der Waals surface area contributed by atoms with Crippen LogP contribution < -0.4 is 0 Å². The number of aromatic hydroxyl groups is 1. The first kappa shape index (κ1) is 15.0. The molecule has 0 aromatic heterocycles. The molecule has 1 unspecified atom stereocenters. The molecule has 0 heterocycles. The predicted molar refractivity (Wildman–Crippen MR) is 71.2 cm³/mol. The van der Waals surface area contributed by atoms with Crippen molar-refractivity contribution in [3.05, 3.63) is 29.3 Å². The van der Waals surface area contributed by atoms with Gasteiger partial charge in [0.1, 0.15) is 5.75 Å². The first-order chi connectivity index (χ1) is 8.86. The lowest BCUT2D eigenvalue weighted by molar-refractivity contribution is -0.141. The summed E-state index contributed by atoms with van der Waals surface area (Å²) >= 11 is 0. The third-order valence-electron chi connectivity index (χ3n) is 2.97. The van der Waals surface area contributed by atoms with E-state index in [0.717, 1.165) is 5.56 Å². The summed E-state index contributed by atoms with van der Waals surface area (Å²) in [4.78, 5) is 24.5. The molecule has 104 valence electrons. The summed E-state index contributed by atoms with van der Waals surface area (Å²) in [6, 6.07) is 4.81. The third-order valence-corrected chi connectivity index (χ3v) is 2.97. The highest BCUT2D eigenvalue weighted by Crippen LogP contribution is 2.20. The topological polar surface area (TPSA) is 77.8 Å². The zero-order valence-electron chi connectivity index (χ0n) is 11.4. The van der Waals surface area contributed by atoms with Crippen molar-refractivity contribution >= 4 is 11.9 Å².